The van der Waals surface area contributed by atoms with Crippen molar-refractivity contribution in [1.82, 2.24) is 0 Å². The molecular weight excluding hydrogens is 276 g/mol. The Bertz CT molecular complexity index is 502. The van der Waals surface area contributed by atoms with Crippen LogP contribution in [0.2, 0.25) is 0 Å². The molecular formula is C19H28OS. The van der Waals surface area contributed by atoms with Crippen LogP contribution in [0.15, 0.2) is 46.4 Å². The van der Waals surface area contributed by atoms with Gasteiger partial charge in [0.25, 0.3) is 0 Å². The highest BCUT2D eigenvalue weighted by Crippen LogP contribution is 2.52. The molecule has 0 bridgehead atoms. The lowest BCUT2D eigenvalue weighted by Gasteiger charge is -2.43. The Labute approximate surface area is 134 Å². The van der Waals surface area contributed by atoms with E-state index in [0.29, 0.717) is 0 Å². The number of rotatable bonds is 5. The minimum absolute atomic E-state index is 0.114. The maximum Gasteiger partial charge on any atom is 0.143 e. The fraction of sp³-hybridized carbons (Fsp3) is 0.579. The zero-order chi connectivity index (χ0) is 15.5. The van der Waals surface area contributed by atoms with E-state index in [0.717, 1.165) is 25.9 Å². The number of hydrogen-bond donors (Lipinski definition) is 0. The Morgan fingerprint density at radius 1 is 1.33 bits per heavy atom. The minimum Gasteiger partial charge on any atom is -0.360 e. The number of hydrogen-bond acceptors (Lipinski definition) is 2. The van der Waals surface area contributed by atoms with Gasteiger partial charge in [0.2, 0.25) is 0 Å². The summed E-state index contributed by atoms with van der Waals surface area (Å²) >= 11 is 1.92. The van der Waals surface area contributed by atoms with Crippen LogP contribution < -0.4 is 0 Å². The van der Waals surface area contributed by atoms with Crippen LogP contribution in [0.25, 0.3) is 0 Å². The van der Waals surface area contributed by atoms with Crippen LogP contribution in [0.3, 0.4) is 0 Å². The predicted molar refractivity (Wildman–Crippen MR) is 94.3 cm³/mol. The molecule has 0 amide bonds. The standard InChI is InChI=1S/C19H28OS/c1-6-13-20-19(21-16-9-7-8-10-16)12-11-15(2)14-17(19)18(3,4)5/h7-9,11,14H,6,10,12-13H2,1-5H3. The van der Waals surface area contributed by atoms with E-state index in [1.165, 1.54) is 16.1 Å². The predicted octanol–water partition coefficient (Wildman–Crippen LogP) is 6.01. The van der Waals surface area contributed by atoms with Gasteiger partial charge in [-0.1, -0.05) is 75.4 Å². The van der Waals surface area contributed by atoms with Crippen LogP contribution in [0.4, 0.5) is 0 Å². The van der Waals surface area contributed by atoms with Crippen molar-refractivity contribution in [3.05, 3.63) is 46.4 Å². The molecule has 0 heterocycles. The van der Waals surface area contributed by atoms with Crippen LogP contribution >= 0.6 is 11.8 Å². The Morgan fingerprint density at radius 3 is 2.67 bits per heavy atom. The first-order valence-electron chi connectivity index (χ1n) is 7.95. The summed E-state index contributed by atoms with van der Waals surface area (Å²) in [5.74, 6) is 0. The van der Waals surface area contributed by atoms with Crippen molar-refractivity contribution in [1.29, 1.82) is 0 Å². The van der Waals surface area contributed by atoms with Gasteiger partial charge in [0.15, 0.2) is 0 Å². The molecule has 0 aliphatic heterocycles. The van der Waals surface area contributed by atoms with Gasteiger partial charge in [0.05, 0.1) is 0 Å². The Balaban J connectivity index is 2.35. The van der Waals surface area contributed by atoms with Crippen molar-refractivity contribution < 1.29 is 4.74 Å². The van der Waals surface area contributed by atoms with E-state index < -0.39 is 0 Å². The summed E-state index contributed by atoms with van der Waals surface area (Å²) in [6.07, 6.45) is 14.3. The minimum atomic E-state index is -0.231. The van der Waals surface area contributed by atoms with Gasteiger partial charge < -0.3 is 4.74 Å². The van der Waals surface area contributed by atoms with E-state index in [9.17, 15) is 0 Å². The van der Waals surface area contributed by atoms with E-state index in [2.05, 4.69) is 65.0 Å². The summed E-state index contributed by atoms with van der Waals surface area (Å²) < 4.78 is 6.45. The normalized spacial score (nSPS) is 25.7. The Morgan fingerprint density at radius 2 is 2.10 bits per heavy atom. The van der Waals surface area contributed by atoms with Crippen molar-refractivity contribution >= 4 is 11.8 Å². The smallest absolute Gasteiger partial charge is 0.143 e. The molecule has 2 aliphatic rings. The van der Waals surface area contributed by atoms with Gasteiger partial charge in [-0.2, -0.15) is 0 Å². The molecule has 0 fully saturated rings. The van der Waals surface area contributed by atoms with E-state index in [1.807, 2.05) is 11.8 Å². The van der Waals surface area contributed by atoms with Crippen molar-refractivity contribution in [3.8, 4) is 0 Å². The molecule has 1 atom stereocenters. The lowest BCUT2D eigenvalue weighted by atomic mass is 9.78. The third kappa shape index (κ3) is 3.92. The summed E-state index contributed by atoms with van der Waals surface area (Å²) in [4.78, 5) is 1.18. The molecule has 0 saturated heterocycles. The average molecular weight is 304 g/mol. The van der Waals surface area contributed by atoms with E-state index in [-0.39, 0.29) is 10.3 Å². The molecule has 0 aromatic heterocycles. The summed E-state index contributed by atoms with van der Waals surface area (Å²) in [6.45, 7) is 12.1. The van der Waals surface area contributed by atoms with E-state index >= 15 is 0 Å². The topological polar surface area (TPSA) is 9.23 Å². The lowest BCUT2D eigenvalue weighted by molar-refractivity contribution is 0.0408. The highest BCUT2D eigenvalue weighted by atomic mass is 32.2. The third-order valence-electron chi connectivity index (χ3n) is 3.86. The molecule has 1 nitrogen and oxygen atoms in total. The summed E-state index contributed by atoms with van der Waals surface area (Å²) in [7, 11) is 0. The Hall–Kier alpha value is -0.730. The number of ether oxygens (including phenoxy) is 1. The molecule has 116 valence electrons. The second kappa shape index (κ2) is 6.58. The maximum absolute atomic E-state index is 6.45. The third-order valence-corrected chi connectivity index (χ3v) is 5.25. The lowest BCUT2D eigenvalue weighted by Crippen LogP contribution is -2.38. The van der Waals surface area contributed by atoms with Crippen LogP contribution in [0.5, 0.6) is 0 Å². The molecule has 0 aromatic rings. The van der Waals surface area contributed by atoms with Gasteiger partial charge in [0, 0.05) is 13.0 Å². The highest BCUT2D eigenvalue weighted by Gasteiger charge is 2.42. The molecule has 0 radical (unpaired) electrons. The SMILES string of the molecule is CCCOC1(SC2=CC=CC2)CC=C(C)C=C1C(C)(C)C. The summed E-state index contributed by atoms with van der Waals surface area (Å²) in [5, 5.41) is 0. The van der Waals surface area contributed by atoms with E-state index in [4.69, 9.17) is 4.74 Å². The van der Waals surface area contributed by atoms with Crippen LogP contribution in [0, 0.1) is 5.41 Å². The van der Waals surface area contributed by atoms with Gasteiger partial charge in [-0.3, -0.25) is 0 Å². The molecule has 21 heavy (non-hydrogen) atoms. The highest BCUT2D eigenvalue weighted by molar-refractivity contribution is 8.04. The fourth-order valence-electron chi connectivity index (χ4n) is 2.83. The fourth-order valence-corrected chi connectivity index (χ4v) is 4.37. The van der Waals surface area contributed by atoms with Gasteiger partial charge in [-0.05, 0) is 35.7 Å². The van der Waals surface area contributed by atoms with Crippen molar-refractivity contribution in [2.75, 3.05) is 6.61 Å². The zero-order valence-electron chi connectivity index (χ0n) is 14.0. The molecule has 1 unspecified atom stereocenters. The summed E-state index contributed by atoms with van der Waals surface area (Å²) in [6, 6.07) is 0. The maximum atomic E-state index is 6.45. The number of thioether (sulfide) groups is 1. The molecule has 0 spiro atoms. The van der Waals surface area contributed by atoms with Gasteiger partial charge in [-0.25, -0.2) is 0 Å². The van der Waals surface area contributed by atoms with Gasteiger partial charge >= 0.3 is 0 Å². The molecule has 0 N–H and O–H groups in total. The zero-order valence-corrected chi connectivity index (χ0v) is 14.8. The molecule has 0 aromatic carbocycles. The van der Waals surface area contributed by atoms with Crippen LogP contribution in [-0.2, 0) is 4.74 Å². The van der Waals surface area contributed by atoms with Crippen molar-refractivity contribution in [3.63, 3.8) is 0 Å². The summed E-state index contributed by atoms with van der Waals surface area (Å²) in [5.41, 5.74) is 2.89. The molecule has 2 aliphatic carbocycles. The van der Waals surface area contributed by atoms with Crippen LogP contribution in [0.1, 0.15) is 53.9 Å². The van der Waals surface area contributed by atoms with Crippen molar-refractivity contribution in [2.45, 2.75) is 58.8 Å². The quantitative estimate of drug-likeness (QED) is 0.575. The van der Waals surface area contributed by atoms with E-state index in [1.54, 1.807) is 0 Å². The van der Waals surface area contributed by atoms with Gasteiger partial charge in [0.1, 0.15) is 4.93 Å². The first kappa shape index (κ1) is 16.6. The first-order chi connectivity index (χ1) is 9.87. The average Bonchev–Trinajstić information content (AvgIpc) is 2.91. The second-order valence-corrected chi connectivity index (χ2v) is 8.32. The monoisotopic (exact) mass is 304 g/mol. The van der Waals surface area contributed by atoms with Crippen LogP contribution in [-0.4, -0.2) is 11.5 Å². The number of allylic oxidation sites excluding steroid dienone is 6. The molecule has 2 rings (SSSR count). The van der Waals surface area contributed by atoms with Gasteiger partial charge in [-0.15, -0.1) is 0 Å². The molecule has 0 saturated carbocycles. The second-order valence-electron chi connectivity index (χ2n) is 6.93. The molecule has 2 heteroatoms. The largest absolute Gasteiger partial charge is 0.360 e. The van der Waals surface area contributed by atoms with Crippen molar-refractivity contribution in [2.24, 2.45) is 5.41 Å². The Kier molecular flexibility index (Phi) is 5.21. The first-order valence-corrected chi connectivity index (χ1v) is 8.77.